The van der Waals surface area contributed by atoms with Gasteiger partial charge in [0, 0.05) is 39.4 Å². The van der Waals surface area contributed by atoms with Crippen molar-refractivity contribution in [2.24, 2.45) is 0 Å². The van der Waals surface area contributed by atoms with Crippen molar-refractivity contribution < 1.29 is 28.7 Å². The van der Waals surface area contributed by atoms with E-state index in [0.717, 1.165) is 17.4 Å². The average Bonchev–Trinajstić information content (AvgIpc) is 3.21. The minimum Gasteiger partial charge on any atom is -0.493 e. The first-order chi connectivity index (χ1) is 16.3. The molecule has 0 atom stereocenters. The molecule has 4 rings (SSSR count). The van der Waals surface area contributed by atoms with Crippen LogP contribution in [0.5, 0.6) is 11.5 Å². The number of aromatic nitrogens is 1. The summed E-state index contributed by atoms with van der Waals surface area (Å²) >= 11 is 6.96. The second-order valence-corrected chi connectivity index (χ2v) is 8.33. The number of hydrogen-bond donors (Lipinski definition) is 1. The molecule has 174 valence electrons. The predicted octanol–water partition coefficient (Wildman–Crippen LogP) is 5.07. The molecule has 10 nitrogen and oxygen atoms in total. The number of thiophene rings is 1. The maximum absolute atomic E-state index is 13.0. The number of carbonyl (C=O) groups is 2. The molecule has 12 heteroatoms. The van der Waals surface area contributed by atoms with E-state index < -0.39 is 22.5 Å². The highest BCUT2D eigenvalue weighted by atomic mass is 35.5. The minimum atomic E-state index is -0.684. The molecule has 4 aromatic rings. The number of halogens is 1. The number of methoxy groups -OCH3 is 3. The molecule has 0 radical (unpaired) electrons. The van der Waals surface area contributed by atoms with Crippen LogP contribution in [0.15, 0.2) is 36.5 Å². The second kappa shape index (κ2) is 9.12. The van der Waals surface area contributed by atoms with Gasteiger partial charge in [-0.25, -0.2) is 4.79 Å². The van der Waals surface area contributed by atoms with Gasteiger partial charge in [0.2, 0.25) is 0 Å². The molecule has 2 aromatic heterocycles. The van der Waals surface area contributed by atoms with Gasteiger partial charge in [-0.1, -0.05) is 11.6 Å². The lowest BCUT2D eigenvalue weighted by Crippen LogP contribution is -2.14. The van der Waals surface area contributed by atoms with E-state index in [0.29, 0.717) is 32.5 Å². The summed E-state index contributed by atoms with van der Waals surface area (Å²) in [4.78, 5) is 40.6. The van der Waals surface area contributed by atoms with Gasteiger partial charge in [-0.05, 0) is 18.2 Å². The molecule has 0 unspecified atom stereocenters. The Morgan fingerprint density at radius 3 is 2.44 bits per heavy atom. The number of ether oxygens (including phenoxy) is 3. The van der Waals surface area contributed by atoms with Gasteiger partial charge in [0.1, 0.15) is 9.90 Å². The van der Waals surface area contributed by atoms with E-state index in [1.54, 1.807) is 12.1 Å². The summed E-state index contributed by atoms with van der Waals surface area (Å²) in [5.74, 6) is -0.370. The molecule has 0 aliphatic heterocycles. The first-order valence-electron chi connectivity index (χ1n) is 9.59. The fourth-order valence-electron chi connectivity index (χ4n) is 3.40. The summed E-state index contributed by atoms with van der Waals surface area (Å²) in [6.45, 7) is 0. The lowest BCUT2D eigenvalue weighted by Gasteiger charge is -2.10. The number of anilines is 1. The second-order valence-electron chi connectivity index (χ2n) is 6.90. The Hall–Kier alpha value is -3.96. The molecule has 0 bridgehead atoms. The number of rotatable bonds is 6. The lowest BCUT2D eigenvalue weighted by atomic mass is 10.1. The van der Waals surface area contributed by atoms with Crippen molar-refractivity contribution in [1.82, 2.24) is 4.98 Å². The number of hydrogen-bond acceptors (Lipinski definition) is 9. The van der Waals surface area contributed by atoms with Crippen molar-refractivity contribution in [3.63, 3.8) is 0 Å². The minimum absolute atomic E-state index is 0.00794. The third kappa shape index (κ3) is 3.95. The van der Waals surface area contributed by atoms with Crippen LogP contribution in [-0.4, -0.2) is 43.1 Å². The third-order valence-corrected chi connectivity index (χ3v) is 6.58. The Bertz CT molecular complexity index is 1480. The first-order valence-corrected chi connectivity index (χ1v) is 10.8. The van der Waals surface area contributed by atoms with E-state index >= 15 is 0 Å². The van der Waals surface area contributed by atoms with Crippen molar-refractivity contribution in [3.8, 4) is 11.5 Å². The van der Waals surface area contributed by atoms with E-state index in [2.05, 4.69) is 10.3 Å². The van der Waals surface area contributed by atoms with Crippen molar-refractivity contribution in [2.75, 3.05) is 26.6 Å². The van der Waals surface area contributed by atoms with Crippen LogP contribution in [0.1, 0.15) is 20.0 Å². The van der Waals surface area contributed by atoms with Gasteiger partial charge in [0.25, 0.3) is 11.6 Å². The fraction of sp³-hybridized carbons (Fsp3) is 0.136. The monoisotopic (exact) mass is 501 g/mol. The SMILES string of the molecule is COC(=O)c1sc2c(cnc3cc(OC)c(OC)cc32)c1NC(=O)c1ccc(Cl)c([N+](=O)[O-])c1. The number of nitrogens with zero attached hydrogens (tertiary/aromatic N) is 2. The van der Waals surface area contributed by atoms with Gasteiger partial charge < -0.3 is 19.5 Å². The molecule has 0 saturated carbocycles. The Kier molecular flexibility index (Phi) is 6.22. The number of esters is 1. The van der Waals surface area contributed by atoms with Gasteiger partial charge in [-0.15, -0.1) is 11.3 Å². The Balaban J connectivity index is 1.88. The summed E-state index contributed by atoms with van der Waals surface area (Å²) in [5, 5.41) is 14.9. The van der Waals surface area contributed by atoms with Gasteiger partial charge in [0.15, 0.2) is 11.5 Å². The zero-order valence-electron chi connectivity index (χ0n) is 18.0. The standard InChI is InChI=1S/C22H16ClN3O7S/c1-31-16-7-11-14(8-17(16)32-2)24-9-12-18(20(22(28)33-3)34-19(11)12)25-21(27)10-4-5-13(23)15(6-10)26(29)30/h4-9H,1-3H3,(H,25,27). The fourth-order valence-corrected chi connectivity index (χ4v) is 4.76. The Morgan fingerprint density at radius 1 is 1.09 bits per heavy atom. The predicted molar refractivity (Wildman–Crippen MR) is 128 cm³/mol. The summed E-state index contributed by atoms with van der Waals surface area (Å²) in [5.41, 5.74) is 0.352. The van der Waals surface area contributed by atoms with E-state index in [1.165, 1.54) is 39.7 Å². The molecule has 1 amide bonds. The molecule has 0 fully saturated rings. The van der Waals surface area contributed by atoms with E-state index in [9.17, 15) is 19.7 Å². The number of nitro groups is 1. The smallest absolute Gasteiger partial charge is 0.350 e. The Morgan fingerprint density at radius 2 is 1.79 bits per heavy atom. The highest BCUT2D eigenvalue weighted by molar-refractivity contribution is 7.22. The number of carbonyl (C=O) groups excluding carboxylic acids is 2. The number of pyridine rings is 1. The van der Waals surface area contributed by atoms with Gasteiger partial charge >= 0.3 is 5.97 Å². The molecule has 34 heavy (non-hydrogen) atoms. The van der Waals surface area contributed by atoms with Crippen LogP contribution in [0.3, 0.4) is 0 Å². The van der Waals surface area contributed by atoms with Crippen LogP contribution >= 0.6 is 22.9 Å². The van der Waals surface area contributed by atoms with Crippen LogP contribution in [-0.2, 0) is 4.74 Å². The van der Waals surface area contributed by atoms with Crippen LogP contribution in [0.4, 0.5) is 11.4 Å². The van der Waals surface area contributed by atoms with Crippen molar-refractivity contribution in [1.29, 1.82) is 0 Å². The van der Waals surface area contributed by atoms with Gasteiger partial charge in [-0.2, -0.15) is 0 Å². The molecule has 0 saturated heterocycles. The third-order valence-electron chi connectivity index (χ3n) is 5.04. The molecule has 0 spiro atoms. The van der Waals surface area contributed by atoms with Crippen molar-refractivity contribution >= 4 is 67.2 Å². The highest BCUT2D eigenvalue weighted by Crippen LogP contribution is 2.42. The zero-order valence-corrected chi connectivity index (χ0v) is 19.6. The summed E-state index contributed by atoms with van der Waals surface area (Å²) < 4.78 is 16.3. The number of nitro benzene ring substituents is 1. The van der Waals surface area contributed by atoms with Crippen LogP contribution < -0.4 is 14.8 Å². The molecular formula is C22H16ClN3O7S. The number of amides is 1. The Labute approximate surface area is 201 Å². The molecular weight excluding hydrogens is 486 g/mol. The van der Waals surface area contributed by atoms with Crippen LogP contribution in [0, 0.1) is 10.1 Å². The lowest BCUT2D eigenvalue weighted by molar-refractivity contribution is -0.384. The molecule has 1 N–H and O–H groups in total. The zero-order chi connectivity index (χ0) is 24.6. The van der Waals surface area contributed by atoms with Gasteiger partial charge in [-0.3, -0.25) is 19.9 Å². The average molecular weight is 502 g/mol. The van der Waals surface area contributed by atoms with E-state index in [-0.39, 0.29) is 21.2 Å². The van der Waals surface area contributed by atoms with E-state index in [1.807, 2.05) is 0 Å². The van der Waals surface area contributed by atoms with Crippen molar-refractivity contribution in [2.45, 2.75) is 0 Å². The molecule has 2 heterocycles. The number of nitrogens with one attached hydrogen (secondary N) is 1. The maximum Gasteiger partial charge on any atom is 0.350 e. The van der Waals surface area contributed by atoms with Gasteiger partial charge in [0.05, 0.1) is 37.5 Å². The molecule has 0 aliphatic rings. The highest BCUT2D eigenvalue weighted by Gasteiger charge is 2.25. The first kappa shape index (κ1) is 23.2. The number of fused-ring (bicyclic) bond motifs is 3. The largest absolute Gasteiger partial charge is 0.493 e. The normalized spacial score (nSPS) is 10.8. The van der Waals surface area contributed by atoms with Crippen LogP contribution in [0.25, 0.3) is 21.0 Å². The summed E-state index contributed by atoms with van der Waals surface area (Å²) in [6.07, 6.45) is 1.52. The quantitative estimate of drug-likeness (QED) is 0.220. The summed E-state index contributed by atoms with van der Waals surface area (Å²) in [7, 11) is 4.24. The topological polar surface area (TPSA) is 130 Å². The van der Waals surface area contributed by atoms with Crippen LogP contribution in [0.2, 0.25) is 5.02 Å². The molecule has 2 aromatic carbocycles. The van der Waals surface area contributed by atoms with Crippen molar-refractivity contribution in [3.05, 3.63) is 62.1 Å². The number of benzene rings is 2. The van der Waals surface area contributed by atoms with E-state index in [4.69, 9.17) is 25.8 Å². The molecule has 0 aliphatic carbocycles. The maximum atomic E-state index is 13.0. The summed E-state index contributed by atoms with van der Waals surface area (Å²) in [6, 6.07) is 7.11.